The van der Waals surface area contributed by atoms with E-state index in [-0.39, 0.29) is 41.5 Å². The smallest absolute Gasteiger partial charge is 0.293 e. The number of amides is 3. The molecule has 1 saturated heterocycles. The third-order valence-corrected chi connectivity index (χ3v) is 5.46. The third kappa shape index (κ3) is 5.54. The molecule has 1 atom stereocenters. The number of benzene rings is 2. The third-order valence-electron chi connectivity index (χ3n) is 4.55. The molecule has 1 aliphatic rings. The van der Waals surface area contributed by atoms with Crippen LogP contribution in [0.2, 0.25) is 0 Å². The minimum Gasteiger partial charge on any atom is -0.354 e. The summed E-state index contributed by atoms with van der Waals surface area (Å²) in [6.07, 6.45) is 1.91. The van der Waals surface area contributed by atoms with E-state index in [4.69, 9.17) is 0 Å². The SMILES string of the molecule is CC(Cc1cccc(F)c1)C(=O)NCCN1C(=O)S/C(=C/c2ccc(F)cc2)C1=O. The zero-order valence-electron chi connectivity index (χ0n) is 16.2. The molecule has 1 aliphatic heterocycles. The highest BCUT2D eigenvalue weighted by atomic mass is 32.2. The second kappa shape index (κ2) is 9.67. The van der Waals surface area contributed by atoms with E-state index in [1.165, 1.54) is 42.5 Å². The van der Waals surface area contributed by atoms with E-state index >= 15 is 0 Å². The Morgan fingerprint density at radius 2 is 1.87 bits per heavy atom. The maximum atomic E-state index is 13.3. The number of carbonyl (C=O) groups is 3. The van der Waals surface area contributed by atoms with Gasteiger partial charge < -0.3 is 5.32 Å². The van der Waals surface area contributed by atoms with E-state index in [1.807, 2.05) is 0 Å². The van der Waals surface area contributed by atoms with Crippen molar-refractivity contribution in [2.24, 2.45) is 5.92 Å². The molecule has 0 saturated carbocycles. The van der Waals surface area contributed by atoms with Crippen molar-refractivity contribution >= 4 is 34.9 Å². The number of hydrogen-bond donors (Lipinski definition) is 1. The number of imide groups is 1. The molecule has 0 bridgehead atoms. The highest BCUT2D eigenvalue weighted by Gasteiger charge is 2.34. The van der Waals surface area contributed by atoms with Gasteiger partial charge in [-0.2, -0.15) is 0 Å². The van der Waals surface area contributed by atoms with Crippen molar-refractivity contribution in [1.82, 2.24) is 10.2 Å². The molecule has 8 heteroatoms. The fourth-order valence-corrected chi connectivity index (χ4v) is 3.84. The first-order valence-electron chi connectivity index (χ1n) is 9.36. The van der Waals surface area contributed by atoms with E-state index in [0.29, 0.717) is 12.0 Å². The summed E-state index contributed by atoms with van der Waals surface area (Å²) in [5.41, 5.74) is 1.33. The Kier molecular flexibility index (Phi) is 6.99. The van der Waals surface area contributed by atoms with Gasteiger partial charge in [0.1, 0.15) is 11.6 Å². The van der Waals surface area contributed by atoms with E-state index in [2.05, 4.69) is 5.32 Å². The predicted octanol–water partition coefficient (Wildman–Crippen LogP) is 4.00. The van der Waals surface area contributed by atoms with Crippen LogP contribution in [0, 0.1) is 17.6 Å². The molecule has 1 fully saturated rings. The molecule has 0 aliphatic carbocycles. The van der Waals surface area contributed by atoms with Crippen molar-refractivity contribution in [2.45, 2.75) is 13.3 Å². The summed E-state index contributed by atoms with van der Waals surface area (Å²) in [5, 5.41) is 2.29. The van der Waals surface area contributed by atoms with Crippen molar-refractivity contribution in [3.8, 4) is 0 Å². The highest BCUT2D eigenvalue weighted by molar-refractivity contribution is 8.18. The molecule has 1 N–H and O–H groups in total. The second-order valence-corrected chi connectivity index (χ2v) is 7.90. The van der Waals surface area contributed by atoms with E-state index in [1.54, 1.807) is 19.1 Å². The van der Waals surface area contributed by atoms with Crippen LogP contribution in [-0.2, 0) is 16.0 Å². The lowest BCUT2D eigenvalue weighted by molar-refractivity contribution is -0.126. The van der Waals surface area contributed by atoms with Gasteiger partial charge in [0.05, 0.1) is 4.91 Å². The molecule has 2 aromatic carbocycles. The van der Waals surface area contributed by atoms with Crippen LogP contribution >= 0.6 is 11.8 Å². The monoisotopic (exact) mass is 430 g/mol. The summed E-state index contributed by atoms with van der Waals surface area (Å²) >= 11 is 0.806. The Morgan fingerprint density at radius 1 is 1.13 bits per heavy atom. The van der Waals surface area contributed by atoms with Crippen molar-refractivity contribution in [2.75, 3.05) is 13.1 Å². The second-order valence-electron chi connectivity index (χ2n) is 6.91. The topological polar surface area (TPSA) is 66.5 Å². The molecule has 2 aromatic rings. The molecule has 5 nitrogen and oxygen atoms in total. The molecule has 0 aromatic heterocycles. The van der Waals surface area contributed by atoms with E-state index in [0.717, 1.165) is 22.2 Å². The number of nitrogens with zero attached hydrogens (tertiary/aromatic N) is 1. The van der Waals surface area contributed by atoms with E-state index in [9.17, 15) is 23.2 Å². The van der Waals surface area contributed by atoms with Crippen molar-refractivity contribution in [3.63, 3.8) is 0 Å². The summed E-state index contributed by atoms with van der Waals surface area (Å²) < 4.78 is 26.3. The van der Waals surface area contributed by atoms with Crippen LogP contribution in [0.1, 0.15) is 18.1 Å². The normalized spacial score (nSPS) is 16.2. The van der Waals surface area contributed by atoms with Gasteiger partial charge in [-0.3, -0.25) is 19.3 Å². The van der Waals surface area contributed by atoms with Crippen LogP contribution in [0.3, 0.4) is 0 Å². The van der Waals surface area contributed by atoms with Gasteiger partial charge in [0.2, 0.25) is 5.91 Å². The largest absolute Gasteiger partial charge is 0.354 e. The zero-order valence-corrected chi connectivity index (χ0v) is 17.0. The summed E-state index contributed by atoms with van der Waals surface area (Å²) in [6, 6.07) is 11.7. The van der Waals surface area contributed by atoms with Crippen LogP contribution < -0.4 is 5.32 Å². The van der Waals surface area contributed by atoms with Crippen LogP contribution in [0.15, 0.2) is 53.4 Å². The lowest BCUT2D eigenvalue weighted by Crippen LogP contribution is -2.39. The van der Waals surface area contributed by atoms with Crippen molar-refractivity contribution in [3.05, 3.63) is 76.2 Å². The van der Waals surface area contributed by atoms with Gasteiger partial charge in [-0.1, -0.05) is 31.2 Å². The maximum absolute atomic E-state index is 13.3. The molecule has 3 amide bonds. The Labute approximate surface area is 177 Å². The Balaban J connectivity index is 1.51. The summed E-state index contributed by atoms with van der Waals surface area (Å²) in [4.78, 5) is 38.2. The first kappa shape index (κ1) is 21.7. The standard InChI is InChI=1S/C22H20F2N2O3S/c1-14(11-16-3-2-4-18(24)12-16)20(27)25-9-10-26-21(28)19(30-22(26)29)13-15-5-7-17(23)8-6-15/h2-8,12-14H,9-11H2,1H3,(H,25,27)/b19-13+. The minimum absolute atomic E-state index is 0.0455. The molecule has 1 unspecified atom stereocenters. The molecular formula is C22H20F2N2O3S. The predicted molar refractivity (Wildman–Crippen MR) is 111 cm³/mol. The number of rotatable bonds is 7. The van der Waals surface area contributed by atoms with Crippen LogP contribution in [0.5, 0.6) is 0 Å². The molecule has 1 heterocycles. The van der Waals surface area contributed by atoms with Gasteiger partial charge in [0.15, 0.2) is 0 Å². The molecular weight excluding hydrogens is 410 g/mol. The Bertz CT molecular complexity index is 992. The van der Waals surface area contributed by atoms with E-state index < -0.39 is 11.1 Å². The van der Waals surface area contributed by atoms with Crippen molar-refractivity contribution < 1.29 is 23.2 Å². The Morgan fingerprint density at radius 3 is 2.57 bits per heavy atom. The lowest BCUT2D eigenvalue weighted by Gasteiger charge is -2.15. The number of thioether (sulfide) groups is 1. The highest BCUT2D eigenvalue weighted by Crippen LogP contribution is 2.31. The van der Waals surface area contributed by atoms with Crippen LogP contribution in [-0.4, -0.2) is 35.0 Å². The summed E-state index contributed by atoms with van der Waals surface area (Å²) in [5.74, 6) is -1.82. The maximum Gasteiger partial charge on any atom is 0.293 e. The van der Waals surface area contributed by atoms with Gasteiger partial charge in [0.25, 0.3) is 11.1 Å². The number of nitrogens with one attached hydrogen (secondary N) is 1. The number of carbonyl (C=O) groups excluding carboxylic acids is 3. The lowest BCUT2D eigenvalue weighted by atomic mass is 10.0. The van der Waals surface area contributed by atoms with Gasteiger partial charge in [-0.25, -0.2) is 8.78 Å². The first-order chi connectivity index (χ1) is 14.3. The quantitative estimate of drug-likeness (QED) is 0.675. The minimum atomic E-state index is -0.448. The fourth-order valence-electron chi connectivity index (χ4n) is 2.98. The number of halogens is 2. The van der Waals surface area contributed by atoms with Crippen LogP contribution in [0.25, 0.3) is 6.08 Å². The first-order valence-corrected chi connectivity index (χ1v) is 10.2. The molecule has 3 rings (SSSR count). The van der Waals surface area contributed by atoms with Gasteiger partial charge in [0, 0.05) is 19.0 Å². The summed E-state index contributed by atoms with van der Waals surface area (Å²) in [7, 11) is 0. The molecule has 0 radical (unpaired) electrons. The average molecular weight is 430 g/mol. The Hall–Kier alpha value is -3.00. The van der Waals surface area contributed by atoms with Gasteiger partial charge in [-0.05, 0) is 59.7 Å². The summed E-state index contributed by atoms with van der Waals surface area (Å²) in [6.45, 7) is 1.89. The zero-order chi connectivity index (χ0) is 21.7. The van der Waals surface area contributed by atoms with Crippen molar-refractivity contribution in [1.29, 1.82) is 0 Å². The van der Waals surface area contributed by atoms with Gasteiger partial charge >= 0.3 is 0 Å². The van der Waals surface area contributed by atoms with Crippen LogP contribution in [0.4, 0.5) is 13.6 Å². The molecule has 30 heavy (non-hydrogen) atoms. The fraction of sp³-hybridized carbons (Fsp3) is 0.227. The number of hydrogen-bond acceptors (Lipinski definition) is 4. The van der Waals surface area contributed by atoms with Gasteiger partial charge in [-0.15, -0.1) is 0 Å². The average Bonchev–Trinajstić information content (AvgIpc) is 2.97. The molecule has 0 spiro atoms. The molecule has 156 valence electrons.